The smallest absolute Gasteiger partial charge is 0.236 e. The third kappa shape index (κ3) is 3.67. The minimum Gasteiger partial charge on any atom is -0.493 e. The first kappa shape index (κ1) is 13.9. The summed E-state index contributed by atoms with van der Waals surface area (Å²) in [5.74, 6) is 0.890. The average Bonchev–Trinajstić information content (AvgIpc) is 2.25. The van der Waals surface area contributed by atoms with Crippen LogP contribution in [0.5, 0.6) is 17.2 Å². The molecule has 0 radical (unpaired) electrons. The van der Waals surface area contributed by atoms with Crippen LogP contribution in [0.3, 0.4) is 0 Å². The molecule has 0 unspecified atom stereocenters. The van der Waals surface area contributed by atoms with Gasteiger partial charge < -0.3 is 14.2 Å². The molecule has 0 aliphatic carbocycles. The van der Waals surface area contributed by atoms with Crippen molar-refractivity contribution in [3.8, 4) is 17.2 Å². The molecule has 0 amide bonds. The topological polar surface area (TPSA) is 61.8 Å². The zero-order valence-electron chi connectivity index (χ0n) is 9.69. The first-order chi connectivity index (χ1) is 7.91. The highest BCUT2D eigenvalue weighted by molar-refractivity contribution is 8.13. The summed E-state index contributed by atoms with van der Waals surface area (Å²) in [6, 6.07) is 3.09. The van der Waals surface area contributed by atoms with Crippen molar-refractivity contribution in [1.29, 1.82) is 0 Å². The molecule has 1 aromatic rings. The predicted octanol–water partition coefficient (Wildman–Crippen LogP) is 1.78. The molecule has 1 rings (SSSR count). The number of hydrogen-bond acceptors (Lipinski definition) is 5. The van der Waals surface area contributed by atoms with Gasteiger partial charge in [-0.1, -0.05) is 0 Å². The lowest BCUT2D eigenvalue weighted by molar-refractivity contribution is 0.324. The summed E-state index contributed by atoms with van der Waals surface area (Å²) in [7, 11) is 5.95. The molecule has 0 saturated heterocycles. The Morgan fingerprint density at radius 2 is 1.53 bits per heavy atom. The number of benzene rings is 1. The van der Waals surface area contributed by atoms with E-state index >= 15 is 0 Å². The quantitative estimate of drug-likeness (QED) is 0.770. The summed E-state index contributed by atoms with van der Waals surface area (Å²) >= 11 is 0. The van der Waals surface area contributed by atoms with Crippen molar-refractivity contribution in [2.75, 3.05) is 21.3 Å². The van der Waals surface area contributed by atoms with Crippen molar-refractivity contribution in [1.82, 2.24) is 0 Å². The number of rotatable bonds is 5. The Hall–Kier alpha value is -1.14. The van der Waals surface area contributed by atoms with Crippen LogP contribution >= 0.6 is 10.7 Å². The molecule has 0 aliphatic rings. The van der Waals surface area contributed by atoms with Crippen LogP contribution in [-0.4, -0.2) is 29.7 Å². The summed E-state index contributed by atoms with van der Waals surface area (Å²) in [5.41, 5.74) is 0.467. The molecule has 96 valence electrons. The fourth-order valence-electron chi connectivity index (χ4n) is 1.42. The Labute approximate surface area is 105 Å². The Morgan fingerprint density at radius 1 is 1.06 bits per heavy atom. The molecule has 0 atom stereocenters. The SMILES string of the molecule is COc1cc(CS(=O)(=O)Cl)cc(OC)c1OC. The molecule has 7 heteroatoms. The van der Waals surface area contributed by atoms with E-state index in [0.717, 1.165) is 0 Å². The monoisotopic (exact) mass is 280 g/mol. The second kappa shape index (κ2) is 5.46. The van der Waals surface area contributed by atoms with Gasteiger partial charge in [-0.2, -0.15) is 0 Å². The minimum atomic E-state index is -3.63. The third-order valence-electron chi connectivity index (χ3n) is 2.06. The maximum absolute atomic E-state index is 11.0. The number of ether oxygens (including phenoxy) is 3. The Kier molecular flexibility index (Phi) is 4.47. The van der Waals surface area contributed by atoms with E-state index in [9.17, 15) is 8.42 Å². The van der Waals surface area contributed by atoms with E-state index in [1.807, 2.05) is 0 Å². The largest absolute Gasteiger partial charge is 0.493 e. The van der Waals surface area contributed by atoms with Crippen LogP contribution in [0, 0.1) is 0 Å². The number of hydrogen-bond donors (Lipinski definition) is 0. The van der Waals surface area contributed by atoms with Crippen LogP contribution in [0.25, 0.3) is 0 Å². The lowest BCUT2D eigenvalue weighted by Crippen LogP contribution is -2.00. The van der Waals surface area contributed by atoms with Crippen molar-refractivity contribution in [2.45, 2.75) is 5.75 Å². The van der Waals surface area contributed by atoms with Gasteiger partial charge in [0.25, 0.3) is 0 Å². The molecule has 1 aromatic carbocycles. The standard InChI is InChI=1S/C10H13ClO5S/c1-14-8-4-7(6-17(11,12)13)5-9(15-2)10(8)16-3/h4-5H,6H2,1-3H3. The van der Waals surface area contributed by atoms with E-state index in [1.54, 1.807) is 12.1 Å². The van der Waals surface area contributed by atoms with Crippen LogP contribution in [0.4, 0.5) is 0 Å². The second-order valence-electron chi connectivity index (χ2n) is 3.22. The van der Waals surface area contributed by atoms with Gasteiger partial charge in [0.05, 0.1) is 27.1 Å². The molecule has 0 aliphatic heterocycles. The van der Waals surface area contributed by atoms with Gasteiger partial charge in [-0.3, -0.25) is 0 Å². The Balaban J connectivity index is 3.27. The van der Waals surface area contributed by atoms with E-state index in [0.29, 0.717) is 22.8 Å². The molecule has 17 heavy (non-hydrogen) atoms. The van der Waals surface area contributed by atoms with Crippen molar-refractivity contribution in [3.05, 3.63) is 17.7 Å². The number of halogens is 1. The van der Waals surface area contributed by atoms with Gasteiger partial charge in [0, 0.05) is 10.7 Å². The van der Waals surface area contributed by atoms with Crippen LogP contribution in [0.15, 0.2) is 12.1 Å². The lowest BCUT2D eigenvalue weighted by atomic mass is 10.2. The van der Waals surface area contributed by atoms with Gasteiger partial charge in [0.2, 0.25) is 14.8 Å². The van der Waals surface area contributed by atoms with E-state index in [2.05, 4.69) is 0 Å². The molecule has 0 bridgehead atoms. The van der Waals surface area contributed by atoms with Crippen molar-refractivity contribution >= 4 is 19.7 Å². The van der Waals surface area contributed by atoms with Crippen LogP contribution in [0.2, 0.25) is 0 Å². The molecular formula is C10H13ClO5S. The summed E-state index contributed by atoms with van der Waals surface area (Å²) in [6.45, 7) is 0. The third-order valence-corrected chi connectivity index (χ3v) is 3.07. The zero-order valence-corrected chi connectivity index (χ0v) is 11.3. The van der Waals surface area contributed by atoms with Crippen LogP contribution < -0.4 is 14.2 Å². The van der Waals surface area contributed by atoms with Gasteiger partial charge in [0.1, 0.15) is 0 Å². The van der Waals surface area contributed by atoms with E-state index < -0.39 is 9.05 Å². The maximum Gasteiger partial charge on any atom is 0.236 e. The lowest BCUT2D eigenvalue weighted by Gasteiger charge is -2.13. The Morgan fingerprint density at radius 3 is 1.82 bits per heavy atom. The fraction of sp³-hybridized carbons (Fsp3) is 0.400. The highest BCUT2D eigenvalue weighted by Gasteiger charge is 2.16. The predicted molar refractivity (Wildman–Crippen MR) is 64.6 cm³/mol. The van der Waals surface area contributed by atoms with E-state index in [4.69, 9.17) is 24.9 Å². The van der Waals surface area contributed by atoms with Gasteiger partial charge in [-0.15, -0.1) is 0 Å². The normalized spacial score (nSPS) is 11.1. The molecule has 0 N–H and O–H groups in total. The maximum atomic E-state index is 11.0. The summed E-state index contributed by atoms with van der Waals surface area (Å²) < 4.78 is 37.3. The van der Waals surface area contributed by atoms with Gasteiger partial charge in [-0.05, 0) is 17.7 Å². The highest BCUT2D eigenvalue weighted by atomic mass is 35.7. The van der Waals surface area contributed by atoms with Crippen molar-refractivity contribution in [3.63, 3.8) is 0 Å². The molecular weight excluding hydrogens is 268 g/mol. The van der Waals surface area contributed by atoms with Crippen molar-refractivity contribution in [2.24, 2.45) is 0 Å². The summed E-state index contributed by atoms with van der Waals surface area (Å²) in [5, 5.41) is 0. The Bertz CT molecular complexity index is 472. The fourth-order valence-corrected chi connectivity index (χ4v) is 2.36. The number of methoxy groups -OCH3 is 3. The summed E-state index contributed by atoms with van der Waals surface area (Å²) in [6.07, 6.45) is 0. The minimum absolute atomic E-state index is 0.300. The molecule has 0 fully saturated rings. The molecule has 0 spiro atoms. The summed E-state index contributed by atoms with van der Waals surface area (Å²) in [4.78, 5) is 0. The van der Waals surface area contributed by atoms with Crippen LogP contribution in [0.1, 0.15) is 5.56 Å². The van der Waals surface area contributed by atoms with E-state index in [-0.39, 0.29) is 5.75 Å². The molecule has 5 nitrogen and oxygen atoms in total. The molecule has 0 saturated carbocycles. The van der Waals surface area contributed by atoms with Gasteiger partial charge >= 0.3 is 0 Å². The van der Waals surface area contributed by atoms with E-state index in [1.165, 1.54) is 21.3 Å². The first-order valence-electron chi connectivity index (χ1n) is 4.62. The van der Waals surface area contributed by atoms with Crippen molar-refractivity contribution < 1.29 is 22.6 Å². The van der Waals surface area contributed by atoms with Crippen LogP contribution in [-0.2, 0) is 14.8 Å². The first-order valence-corrected chi connectivity index (χ1v) is 7.10. The zero-order chi connectivity index (χ0) is 13.1. The average molecular weight is 281 g/mol. The highest BCUT2D eigenvalue weighted by Crippen LogP contribution is 2.38. The van der Waals surface area contributed by atoms with Gasteiger partial charge in [-0.25, -0.2) is 8.42 Å². The second-order valence-corrected chi connectivity index (χ2v) is 5.99. The molecule has 0 aromatic heterocycles. The molecule has 0 heterocycles. The van der Waals surface area contributed by atoms with Gasteiger partial charge in [0.15, 0.2) is 11.5 Å².